The summed E-state index contributed by atoms with van der Waals surface area (Å²) in [6, 6.07) is 2.25. The minimum atomic E-state index is -0.626. The van der Waals surface area contributed by atoms with Gasteiger partial charge in [-0.3, -0.25) is 14.4 Å². The molecule has 4 rings (SSSR count). The molecule has 1 saturated heterocycles. The summed E-state index contributed by atoms with van der Waals surface area (Å²) in [6.45, 7) is 3.09. The van der Waals surface area contributed by atoms with Crippen LogP contribution in [0.25, 0.3) is 5.52 Å². The highest BCUT2D eigenvalue weighted by molar-refractivity contribution is 5.96. The van der Waals surface area contributed by atoms with Crippen LogP contribution in [0.4, 0.5) is 4.39 Å². The molecule has 34 heavy (non-hydrogen) atoms. The van der Waals surface area contributed by atoms with Crippen LogP contribution < -0.4 is 10.6 Å². The zero-order valence-electron chi connectivity index (χ0n) is 19.8. The van der Waals surface area contributed by atoms with Gasteiger partial charge in [-0.1, -0.05) is 19.3 Å². The summed E-state index contributed by atoms with van der Waals surface area (Å²) in [4.78, 5) is 42.3. The fourth-order valence-corrected chi connectivity index (χ4v) is 4.86. The molecule has 2 aromatic rings. The lowest BCUT2D eigenvalue weighted by atomic mass is 9.83. The third-order valence-electron chi connectivity index (χ3n) is 7.11. The number of nitrogens with one attached hydrogen (secondary N) is 2. The van der Waals surface area contributed by atoms with Crippen molar-refractivity contribution in [3.05, 3.63) is 35.9 Å². The Morgan fingerprint density at radius 2 is 1.76 bits per heavy atom. The van der Waals surface area contributed by atoms with Gasteiger partial charge in [0.2, 0.25) is 11.8 Å². The molecule has 2 atom stereocenters. The third kappa shape index (κ3) is 5.06. The van der Waals surface area contributed by atoms with E-state index in [0.717, 1.165) is 32.1 Å². The molecule has 2 aliphatic rings. The van der Waals surface area contributed by atoms with Crippen LogP contribution in [0.15, 0.2) is 24.5 Å². The van der Waals surface area contributed by atoms with Gasteiger partial charge in [-0.2, -0.15) is 5.10 Å². The van der Waals surface area contributed by atoms with Gasteiger partial charge in [0.15, 0.2) is 5.82 Å². The Labute approximate surface area is 198 Å². The number of amides is 3. The number of hydrogen-bond acceptors (Lipinski definition) is 5. The van der Waals surface area contributed by atoms with E-state index >= 15 is 0 Å². The van der Waals surface area contributed by atoms with E-state index < -0.39 is 23.8 Å². The van der Waals surface area contributed by atoms with Crippen molar-refractivity contribution in [2.24, 2.45) is 5.92 Å². The van der Waals surface area contributed by atoms with Crippen molar-refractivity contribution in [1.82, 2.24) is 30.0 Å². The summed E-state index contributed by atoms with van der Waals surface area (Å²) in [7, 11) is 1.71. The second-order valence-corrected chi connectivity index (χ2v) is 9.25. The number of piperazine rings is 1. The zero-order valence-corrected chi connectivity index (χ0v) is 19.8. The van der Waals surface area contributed by atoms with Crippen LogP contribution >= 0.6 is 0 Å². The molecule has 0 spiro atoms. The quantitative estimate of drug-likeness (QED) is 0.663. The van der Waals surface area contributed by atoms with Crippen molar-refractivity contribution in [2.45, 2.75) is 51.1 Å². The normalized spacial score (nSPS) is 19.1. The lowest BCUT2D eigenvalue weighted by Gasteiger charge is -2.39. The molecule has 10 heteroatoms. The first-order valence-electron chi connectivity index (χ1n) is 12.1. The Bertz CT molecular complexity index is 1040. The number of aromatic nitrogens is 2. The molecule has 184 valence electrons. The minimum Gasteiger partial charge on any atom is -0.343 e. The van der Waals surface area contributed by atoms with E-state index in [2.05, 4.69) is 15.7 Å². The maximum atomic E-state index is 14.5. The topological polar surface area (TPSA) is 99.0 Å². The second-order valence-electron chi connectivity index (χ2n) is 9.25. The van der Waals surface area contributed by atoms with Gasteiger partial charge < -0.3 is 20.4 Å². The number of carbonyl (C=O) groups is 3. The van der Waals surface area contributed by atoms with Crippen LogP contribution in [0, 0.1) is 11.7 Å². The average Bonchev–Trinajstić information content (AvgIpc) is 3.33. The molecule has 0 radical (unpaired) electrons. The number of pyridine rings is 1. The largest absolute Gasteiger partial charge is 0.343 e. The van der Waals surface area contributed by atoms with Gasteiger partial charge in [-0.05, 0) is 44.9 Å². The van der Waals surface area contributed by atoms with Gasteiger partial charge in [0, 0.05) is 32.4 Å². The Kier molecular flexibility index (Phi) is 7.45. The van der Waals surface area contributed by atoms with E-state index in [1.165, 1.54) is 16.8 Å². The Morgan fingerprint density at radius 3 is 2.44 bits per heavy atom. The molecule has 1 aliphatic heterocycles. The number of likely N-dealkylation sites (N-methyl/N-ethyl adjacent to an activating group) is 1. The maximum Gasteiger partial charge on any atom is 0.257 e. The highest BCUT2D eigenvalue weighted by atomic mass is 19.1. The average molecular weight is 473 g/mol. The summed E-state index contributed by atoms with van der Waals surface area (Å²) < 4.78 is 15.9. The fraction of sp³-hybridized carbons (Fsp3) is 0.583. The second kappa shape index (κ2) is 10.5. The van der Waals surface area contributed by atoms with Gasteiger partial charge in [0.25, 0.3) is 5.91 Å². The SMILES string of the molecule is CN[C@@H](C)C(=O)N[C@H](C(=O)N1CCN(C(=O)c2cc3ccnn3cc2F)CC1)C1CCCCC1. The molecular weight excluding hydrogens is 439 g/mol. The van der Waals surface area contributed by atoms with E-state index in [-0.39, 0.29) is 23.3 Å². The van der Waals surface area contributed by atoms with Crippen LogP contribution in [0.1, 0.15) is 49.4 Å². The van der Waals surface area contributed by atoms with Crippen LogP contribution in [-0.2, 0) is 9.59 Å². The molecule has 2 fully saturated rings. The Hall–Kier alpha value is -3.01. The smallest absolute Gasteiger partial charge is 0.257 e. The predicted molar refractivity (Wildman–Crippen MR) is 125 cm³/mol. The van der Waals surface area contributed by atoms with E-state index in [9.17, 15) is 18.8 Å². The third-order valence-corrected chi connectivity index (χ3v) is 7.11. The van der Waals surface area contributed by atoms with Crippen molar-refractivity contribution in [1.29, 1.82) is 0 Å². The molecule has 2 N–H and O–H groups in total. The first-order valence-corrected chi connectivity index (χ1v) is 12.1. The van der Waals surface area contributed by atoms with Gasteiger partial charge in [-0.15, -0.1) is 0 Å². The highest BCUT2D eigenvalue weighted by Gasteiger charge is 2.36. The number of fused-ring (bicyclic) bond motifs is 1. The molecule has 0 unspecified atom stereocenters. The minimum absolute atomic E-state index is 0.00109. The van der Waals surface area contributed by atoms with Crippen LogP contribution in [0.3, 0.4) is 0 Å². The summed E-state index contributed by atoms with van der Waals surface area (Å²) in [5, 5.41) is 9.89. The number of nitrogens with zero attached hydrogens (tertiary/aromatic N) is 4. The van der Waals surface area contributed by atoms with Crippen molar-refractivity contribution in [2.75, 3.05) is 33.2 Å². The van der Waals surface area contributed by atoms with E-state index in [1.54, 1.807) is 36.0 Å². The molecule has 3 amide bonds. The van der Waals surface area contributed by atoms with Gasteiger partial charge >= 0.3 is 0 Å². The molecule has 0 aromatic carbocycles. The number of hydrogen-bond donors (Lipinski definition) is 2. The summed E-state index contributed by atoms with van der Waals surface area (Å²) >= 11 is 0. The molecule has 9 nitrogen and oxygen atoms in total. The Balaban J connectivity index is 1.42. The van der Waals surface area contributed by atoms with Crippen LogP contribution in [0.5, 0.6) is 0 Å². The summed E-state index contributed by atoms with van der Waals surface area (Å²) in [5.41, 5.74) is 0.640. The zero-order chi connectivity index (χ0) is 24.2. The van der Waals surface area contributed by atoms with Crippen molar-refractivity contribution < 1.29 is 18.8 Å². The standard InChI is InChI=1S/C24H33FN6O3/c1-16(26-2)22(32)28-21(17-6-4-3-5-7-17)24(34)30-12-10-29(11-13-30)23(33)19-14-18-8-9-27-31(18)15-20(19)25/h8-9,14-17,21,26H,3-7,10-13H2,1-2H3,(H,28,32)/t16-,21-/m0/s1. The maximum absolute atomic E-state index is 14.5. The number of carbonyl (C=O) groups excluding carboxylic acids is 3. The first kappa shape index (κ1) is 24.1. The van der Waals surface area contributed by atoms with Crippen molar-refractivity contribution in [3.63, 3.8) is 0 Å². The first-order chi connectivity index (χ1) is 16.4. The van der Waals surface area contributed by atoms with E-state index in [1.807, 2.05) is 0 Å². The van der Waals surface area contributed by atoms with E-state index in [4.69, 9.17) is 0 Å². The monoisotopic (exact) mass is 472 g/mol. The van der Waals surface area contributed by atoms with Crippen molar-refractivity contribution in [3.8, 4) is 0 Å². The van der Waals surface area contributed by atoms with Gasteiger partial charge in [0.05, 0.1) is 23.3 Å². The lowest BCUT2D eigenvalue weighted by Crippen LogP contribution is -2.59. The van der Waals surface area contributed by atoms with Crippen LogP contribution in [0.2, 0.25) is 0 Å². The van der Waals surface area contributed by atoms with Crippen LogP contribution in [-0.4, -0.2) is 82.4 Å². The molecule has 1 saturated carbocycles. The number of halogens is 1. The summed E-state index contributed by atoms with van der Waals surface area (Å²) in [6.07, 6.45) is 7.85. The lowest BCUT2D eigenvalue weighted by molar-refractivity contribution is -0.140. The highest BCUT2D eigenvalue weighted by Crippen LogP contribution is 2.28. The van der Waals surface area contributed by atoms with E-state index in [0.29, 0.717) is 31.7 Å². The molecule has 2 aromatic heterocycles. The molecule has 0 bridgehead atoms. The number of rotatable bonds is 6. The van der Waals surface area contributed by atoms with Gasteiger partial charge in [0.1, 0.15) is 6.04 Å². The predicted octanol–water partition coefficient (Wildman–Crippen LogP) is 1.43. The molecule has 1 aliphatic carbocycles. The van der Waals surface area contributed by atoms with Gasteiger partial charge in [-0.25, -0.2) is 8.91 Å². The summed E-state index contributed by atoms with van der Waals surface area (Å²) in [5.74, 6) is -1.19. The van der Waals surface area contributed by atoms with Crippen molar-refractivity contribution >= 4 is 23.2 Å². The molecule has 3 heterocycles. The fourth-order valence-electron chi connectivity index (χ4n) is 4.86. The Morgan fingerprint density at radius 1 is 1.09 bits per heavy atom. The molecular formula is C24H33FN6O3.